The molecule has 5 N–H and O–H groups in total. The lowest BCUT2D eigenvalue weighted by Gasteiger charge is -2.14. The summed E-state index contributed by atoms with van der Waals surface area (Å²) in [6.45, 7) is 4.37. The molecule has 0 aromatic heterocycles. The van der Waals surface area contributed by atoms with E-state index in [0.717, 1.165) is 5.56 Å². The first-order chi connectivity index (χ1) is 23.3. The van der Waals surface area contributed by atoms with E-state index in [1.807, 2.05) is 37.3 Å². The Balaban J connectivity index is 1.35. The topological polar surface area (TPSA) is 192 Å². The fourth-order valence-electron chi connectivity index (χ4n) is 4.13. The fraction of sp³-hybridized carbons (Fsp3) is 0.485. The number of carbonyl (C=O) groups is 5. The van der Waals surface area contributed by atoms with E-state index in [2.05, 4.69) is 26.6 Å². The van der Waals surface area contributed by atoms with Crippen LogP contribution in [0.25, 0.3) is 0 Å². The molecule has 1 atom stereocenters. The van der Waals surface area contributed by atoms with Crippen LogP contribution >= 0.6 is 0 Å². The Kier molecular flexibility index (Phi) is 20.3. The quantitative estimate of drug-likeness (QED) is 0.0691. The molecule has 0 aliphatic heterocycles. The van der Waals surface area contributed by atoms with E-state index in [9.17, 15) is 24.0 Å². The molecular weight excluding hydrogens is 626 g/mol. The molecule has 0 fully saturated rings. The van der Waals surface area contributed by atoms with Crippen LogP contribution in [0, 0.1) is 0 Å². The van der Waals surface area contributed by atoms with Crippen LogP contribution in [-0.4, -0.2) is 116 Å². The highest BCUT2D eigenvalue weighted by molar-refractivity contribution is 5.95. The van der Waals surface area contributed by atoms with E-state index in [4.69, 9.17) is 23.7 Å². The Morgan fingerprint density at radius 2 is 1.33 bits per heavy atom. The third-order valence-electron chi connectivity index (χ3n) is 6.48. The molecule has 1 unspecified atom stereocenters. The number of carbonyl (C=O) groups excluding carboxylic acids is 5. The van der Waals surface area contributed by atoms with Crippen LogP contribution < -0.4 is 31.3 Å². The van der Waals surface area contributed by atoms with Crippen LogP contribution in [0.2, 0.25) is 0 Å². The van der Waals surface area contributed by atoms with Crippen molar-refractivity contribution in [2.24, 2.45) is 0 Å². The van der Waals surface area contributed by atoms with Crippen LogP contribution in [0.4, 0.5) is 5.69 Å². The van der Waals surface area contributed by atoms with E-state index in [1.165, 1.54) is 13.2 Å². The molecule has 0 heterocycles. The van der Waals surface area contributed by atoms with Gasteiger partial charge in [0.1, 0.15) is 5.75 Å². The molecule has 2 rings (SSSR count). The third kappa shape index (κ3) is 17.9. The lowest BCUT2D eigenvalue weighted by atomic mass is 10.1. The van der Waals surface area contributed by atoms with Gasteiger partial charge in [-0.15, -0.1) is 0 Å². The average molecular weight is 674 g/mol. The molecule has 0 saturated heterocycles. The number of amides is 5. The van der Waals surface area contributed by atoms with Crippen LogP contribution in [0.3, 0.4) is 0 Å². The number of hydrogen-bond donors (Lipinski definition) is 5. The largest absolute Gasteiger partial charge is 0.495 e. The van der Waals surface area contributed by atoms with Gasteiger partial charge in [0.05, 0.1) is 78.7 Å². The van der Waals surface area contributed by atoms with Crippen molar-refractivity contribution >= 4 is 35.7 Å². The molecule has 15 nitrogen and oxygen atoms in total. The molecule has 5 amide bonds. The third-order valence-corrected chi connectivity index (χ3v) is 6.48. The zero-order chi connectivity index (χ0) is 34.8. The molecule has 2 aromatic carbocycles. The van der Waals surface area contributed by atoms with Gasteiger partial charge in [0, 0.05) is 24.6 Å². The van der Waals surface area contributed by atoms with Crippen molar-refractivity contribution in [1.82, 2.24) is 21.3 Å². The second-order valence-corrected chi connectivity index (χ2v) is 10.3. The highest BCUT2D eigenvalue weighted by Crippen LogP contribution is 2.24. The van der Waals surface area contributed by atoms with Crippen LogP contribution in [-0.2, 0) is 44.5 Å². The van der Waals surface area contributed by atoms with Gasteiger partial charge < -0.3 is 50.3 Å². The Morgan fingerprint density at radius 3 is 1.98 bits per heavy atom. The first-order valence-electron chi connectivity index (χ1n) is 15.7. The summed E-state index contributed by atoms with van der Waals surface area (Å²) in [4.78, 5) is 58.8. The Hall–Kier alpha value is -4.57. The van der Waals surface area contributed by atoms with E-state index >= 15 is 0 Å². The van der Waals surface area contributed by atoms with Gasteiger partial charge in [-0.2, -0.15) is 0 Å². The van der Waals surface area contributed by atoms with Crippen molar-refractivity contribution in [3.63, 3.8) is 0 Å². The molecule has 2 aromatic rings. The fourth-order valence-corrected chi connectivity index (χ4v) is 4.13. The van der Waals surface area contributed by atoms with Crippen molar-refractivity contribution in [1.29, 1.82) is 0 Å². The first kappa shape index (κ1) is 39.6. The van der Waals surface area contributed by atoms with E-state index in [1.54, 1.807) is 12.1 Å². The molecule has 0 saturated carbocycles. The molecule has 0 bridgehead atoms. The van der Waals surface area contributed by atoms with Crippen molar-refractivity contribution in [3.05, 3.63) is 59.7 Å². The number of ether oxygens (including phenoxy) is 5. The van der Waals surface area contributed by atoms with Gasteiger partial charge in [-0.1, -0.05) is 30.3 Å². The minimum atomic E-state index is -0.461. The van der Waals surface area contributed by atoms with Crippen LogP contribution in [0.5, 0.6) is 5.75 Å². The van der Waals surface area contributed by atoms with E-state index < -0.39 is 5.91 Å². The SMILES string of the molecule is COc1cc(C(=O)NCCOCCOCCOCCOCCC(=O)NCC(=O)NCC(=O)NC(C)Cc2ccccc2)ccc1NC=O. The lowest BCUT2D eigenvalue weighted by molar-refractivity contribution is -0.128. The number of rotatable bonds is 26. The highest BCUT2D eigenvalue weighted by Gasteiger charge is 2.12. The second kappa shape index (κ2) is 24.6. The molecule has 0 spiro atoms. The lowest BCUT2D eigenvalue weighted by Crippen LogP contribution is -2.44. The maximum Gasteiger partial charge on any atom is 0.251 e. The predicted octanol–water partition coefficient (Wildman–Crippen LogP) is 0.430. The van der Waals surface area contributed by atoms with Crippen molar-refractivity contribution < 1.29 is 47.7 Å². The number of hydrogen-bond acceptors (Lipinski definition) is 10. The van der Waals surface area contributed by atoms with Gasteiger partial charge in [-0.3, -0.25) is 24.0 Å². The summed E-state index contributed by atoms with van der Waals surface area (Å²) in [7, 11) is 1.45. The Labute approximate surface area is 280 Å². The summed E-state index contributed by atoms with van der Waals surface area (Å²) >= 11 is 0. The van der Waals surface area contributed by atoms with Gasteiger partial charge in [0.2, 0.25) is 24.1 Å². The summed E-state index contributed by atoms with van der Waals surface area (Å²) in [6, 6.07) is 14.4. The van der Waals surface area contributed by atoms with Crippen LogP contribution in [0.1, 0.15) is 29.3 Å². The summed E-state index contributed by atoms with van der Waals surface area (Å²) in [6.07, 6.45) is 1.30. The maximum absolute atomic E-state index is 12.3. The van der Waals surface area contributed by atoms with Gasteiger partial charge >= 0.3 is 0 Å². The van der Waals surface area contributed by atoms with Gasteiger partial charge in [0.15, 0.2) is 0 Å². The van der Waals surface area contributed by atoms with Crippen LogP contribution in [0.15, 0.2) is 48.5 Å². The number of anilines is 1. The van der Waals surface area contributed by atoms with Crippen molar-refractivity contribution in [3.8, 4) is 5.75 Å². The molecular formula is C33H47N5O10. The minimum absolute atomic E-state index is 0.0829. The Bertz CT molecular complexity index is 1260. The summed E-state index contributed by atoms with van der Waals surface area (Å²) in [5.74, 6) is -1.02. The molecule has 15 heteroatoms. The number of benzene rings is 2. The second-order valence-electron chi connectivity index (χ2n) is 10.3. The molecule has 264 valence electrons. The summed E-state index contributed by atoms with van der Waals surface area (Å²) < 4.78 is 26.8. The zero-order valence-corrected chi connectivity index (χ0v) is 27.5. The van der Waals surface area contributed by atoms with Gasteiger partial charge in [-0.25, -0.2) is 0 Å². The molecule has 0 radical (unpaired) electrons. The first-order valence-corrected chi connectivity index (χ1v) is 15.7. The molecule has 48 heavy (non-hydrogen) atoms. The maximum atomic E-state index is 12.3. The van der Waals surface area contributed by atoms with Crippen molar-refractivity contribution in [2.45, 2.75) is 25.8 Å². The predicted molar refractivity (Wildman–Crippen MR) is 177 cm³/mol. The summed E-state index contributed by atoms with van der Waals surface area (Å²) in [5.41, 5.74) is 1.97. The standard InChI is InChI=1S/C33H47N5O10/c1-25(20-26-6-4-3-5-7-26)38-32(42)23-36-31(41)22-35-30(40)10-12-45-14-16-47-18-19-48-17-15-46-13-11-34-33(43)27-8-9-28(37-24-39)29(21-27)44-2/h3-9,21,24-25H,10-20,22-23H2,1-2H3,(H,34,43)(H,35,40)(H,36,41)(H,37,39)(H,38,42). The number of methoxy groups -OCH3 is 1. The summed E-state index contributed by atoms with van der Waals surface area (Å²) in [5, 5.41) is 13.1. The van der Waals surface area contributed by atoms with E-state index in [0.29, 0.717) is 82.6 Å². The van der Waals surface area contributed by atoms with Gasteiger partial charge in [-0.05, 0) is 37.1 Å². The van der Waals surface area contributed by atoms with E-state index in [-0.39, 0.29) is 49.9 Å². The molecule has 0 aliphatic carbocycles. The number of nitrogens with one attached hydrogen (secondary N) is 5. The normalized spacial score (nSPS) is 11.2. The van der Waals surface area contributed by atoms with Gasteiger partial charge in [0.25, 0.3) is 5.91 Å². The highest BCUT2D eigenvalue weighted by atomic mass is 16.6. The smallest absolute Gasteiger partial charge is 0.251 e. The Morgan fingerprint density at radius 1 is 0.729 bits per heavy atom. The monoisotopic (exact) mass is 673 g/mol. The minimum Gasteiger partial charge on any atom is -0.495 e. The zero-order valence-electron chi connectivity index (χ0n) is 27.5. The average Bonchev–Trinajstić information content (AvgIpc) is 3.08. The molecule has 0 aliphatic rings. The van der Waals surface area contributed by atoms with Crippen molar-refractivity contribution in [2.75, 3.05) is 84.9 Å².